The highest BCUT2D eigenvalue weighted by atomic mass is 15.2. The Labute approximate surface area is 94.2 Å². The predicted molar refractivity (Wildman–Crippen MR) is 63.8 cm³/mol. The molecule has 1 heterocycles. The van der Waals surface area contributed by atoms with E-state index in [4.69, 9.17) is 0 Å². The van der Waals surface area contributed by atoms with Gasteiger partial charge in [0.2, 0.25) is 0 Å². The minimum absolute atomic E-state index is 0.924. The molecule has 0 amide bonds. The maximum Gasteiger partial charge on any atom is 0.00955 e. The molecule has 0 aromatic heterocycles. The van der Waals surface area contributed by atoms with Crippen LogP contribution in [0.4, 0.5) is 0 Å². The standard InChI is InChI=1S/C14H25N/c1-10(2)11-6-12-8-15(9-13(12)7-11)14-4-3-5-14/h10-14H,3-9H2,1-2H3. The summed E-state index contributed by atoms with van der Waals surface area (Å²) in [7, 11) is 0. The van der Waals surface area contributed by atoms with Gasteiger partial charge in [0, 0.05) is 19.1 Å². The minimum Gasteiger partial charge on any atom is -0.300 e. The largest absolute Gasteiger partial charge is 0.300 e. The van der Waals surface area contributed by atoms with Gasteiger partial charge in [-0.25, -0.2) is 0 Å². The number of rotatable bonds is 2. The summed E-state index contributed by atoms with van der Waals surface area (Å²) in [6.45, 7) is 7.71. The van der Waals surface area contributed by atoms with Gasteiger partial charge in [-0.3, -0.25) is 4.90 Å². The normalized spacial score (nSPS) is 42.2. The van der Waals surface area contributed by atoms with Gasteiger partial charge in [0.15, 0.2) is 0 Å². The SMILES string of the molecule is CC(C)C1CC2CN(C3CCC3)CC2C1. The van der Waals surface area contributed by atoms with Gasteiger partial charge in [-0.1, -0.05) is 20.3 Å². The van der Waals surface area contributed by atoms with E-state index in [0.717, 1.165) is 29.7 Å². The van der Waals surface area contributed by atoms with Crippen molar-refractivity contribution in [3.05, 3.63) is 0 Å². The van der Waals surface area contributed by atoms with Crippen molar-refractivity contribution >= 4 is 0 Å². The number of fused-ring (bicyclic) bond motifs is 1. The van der Waals surface area contributed by atoms with Gasteiger partial charge in [-0.2, -0.15) is 0 Å². The molecule has 0 bridgehead atoms. The Hall–Kier alpha value is -0.0400. The number of nitrogens with zero attached hydrogens (tertiary/aromatic N) is 1. The maximum atomic E-state index is 2.81. The van der Waals surface area contributed by atoms with Crippen molar-refractivity contribution in [1.82, 2.24) is 4.90 Å². The molecule has 0 aromatic rings. The second-order valence-corrected chi connectivity index (χ2v) is 6.53. The van der Waals surface area contributed by atoms with Crippen molar-refractivity contribution in [3.63, 3.8) is 0 Å². The summed E-state index contributed by atoms with van der Waals surface area (Å²) >= 11 is 0. The van der Waals surface area contributed by atoms with Gasteiger partial charge < -0.3 is 0 Å². The van der Waals surface area contributed by atoms with Crippen LogP contribution in [0.3, 0.4) is 0 Å². The van der Waals surface area contributed by atoms with Gasteiger partial charge >= 0.3 is 0 Å². The first-order valence-corrected chi connectivity index (χ1v) is 6.98. The Bertz CT molecular complexity index is 217. The fraction of sp³-hybridized carbons (Fsp3) is 1.00. The van der Waals surface area contributed by atoms with E-state index in [9.17, 15) is 0 Å². The molecule has 0 radical (unpaired) electrons. The fourth-order valence-electron chi connectivity index (χ4n) is 3.98. The van der Waals surface area contributed by atoms with Crippen molar-refractivity contribution < 1.29 is 0 Å². The highest BCUT2D eigenvalue weighted by Crippen LogP contribution is 2.46. The summed E-state index contributed by atoms with van der Waals surface area (Å²) in [6.07, 6.45) is 7.54. The first kappa shape index (κ1) is 10.1. The molecule has 86 valence electrons. The lowest BCUT2D eigenvalue weighted by molar-refractivity contribution is 0.142. The molecule has 1 aliphatic heterocycles. The van der Waals surface area contributed by atoms with Gasteiger partial charge in [-0.05, 0) is 49.4 Å². The number of hydrogen-bond acceptors (Lipinski definition) is 1. The molecule has 1 nitrogen and oxygen atoms in total. The molecule has 2 unspecified atom stereocenters. The zero-order chi connectivity index (χ0) is 10.4. The molecule has 3 aliphatic rings. The highest BCUT2D eigenvalue weighted by Gasteiger charge is 2.43. The molecule has 0 N–H and O–H groups in total. The monoisotopic (exact) mass is 207 g/mol. The second kappa shape index (κ2) is 3.76. The average molecular weight is 207 g/mol. The quantitative estimate of drug-likeness (QED) is 0.672. The third kappa shape index (κ3) is 1.73. The number of likely N-dealkylation sites (tertiary alicyclic amines) is 1. The van der Waals surface area contributed by atoms with Crippen LogP contribution in [0.1, 0.15) is 46.0 Å². The minimum atomic E-state index is 0.924. The fourth-order valence-corrected chi connectivity index (χ4v) is 3.98. The van der Waals surface area contributed by atoms with E-state index in [1.54, 1.807) is 0 Å². The summed E-state index contributed by atoms with van der Waals surface area (Å²) in [5.74, 6) is 4.10. The van der Waals surface area contributed by atoms with Crippen molar-refractivity contribution in [2.75, 3.05) is 13.1 Å². The van der Waals surface area contributed by atoms with Crippen LogP contribution >= 0.6 is 0 Å². The lowest BCUT2D eigenvalue weighted by Gasteiger charge is -2.35. The van der Waals surface area contributed by atoms with Crippen molar-refractivity contribution in [1.29, 1.82) is 0 Å². The molecule has 1 heteroatoms. The lowest BCUT2D eigenvalue weighted by atomic mass is 9.90. The average Bonchev–Trinajstić information content (AvgIpc) is 2.56. The molecular formula is C14H25N. The van der Waals surface area contributed by atoms with E-state index < -0.39 is 0 Å². The maximum absolute atomic E-state index is 2.81. The van der Waals surface area contributed by atoms with Crippen LogP contribution in [-0.4, -0.2) is 24.0 Å². The third-order valence-corrected chi connectivity index (χ3v) is 5.35. The van der Waals surface area contributed by atoms with Gasteiger partial charge in [0.25, 0.3) is 0 Å². The lowest BCUT2D eigenvalue weighted by Crippen LogP contribution is -2.39. The Morgan fingerprint density at radius 3 is 2.00 bits per heavy atom. The van der Waals surface area contributed by atoms with Crippen LogP contribution < -0.4 is 0 Å². The summed E-state index contributed by atoms with van der Waals surface area (Å²) in [4.78, 5) is 2.81. The van der Waals surface area contributed by atoms with E-state index >= 15 is 0 Å². The summed E-state index contributed by atoms with van der Waals surface area (Å²) < 4.78 is 0. The van der Waals surface area contributed by atoms with Gasteiger partial charge in [-0.15, -0.1) is 0 Å². The van der Waals surface area contributed by atoms with Crippen LogP contribution in [0.15, 0.2) is 0 Å². The zero-order valence-corrected chi connectivity index (χ0v) is 10.3. The molecule has 15 heavy (non-hydrogen) atoms. The first-order valence-electron chi connectivity index (χ1n) is 6.98. The molecule has 0 spiro atoms. The van der Waals surface area contributed by atoms with Crippen LogP contribution in [0.25, 0.3) is 0 Å². The summed E-state index contributed by atoms with van der Waals surface area (Å²) in [5.41, 5.74) is 0. The van der Waals surface area contributed by atoms with E-state index in [0.29, 0.717) is 0 Å². The summed E-state index contributed by atoms with van der Waals surface area (Å²) in [6, 6.07) is 0.994. The first-order chi connectivity index (χ1) is 7.24. The molecule has 3 rings (SSSR count). The van der Waals surface area contributed by atoms with Crippen molar-refractivity contribution in [3.8, 4) is 0 Å². The molecule has 1 saturated heterocycles. The molecule has 2 saturated carbocycles. The predicted octanol–water partition coefficient (Wildman–Crippen LogP) is 3.15. The highest BCUT2D eigenvalue weighted by molar-refractivity contribution is 4.96. The zero-order valence-electron chi connectivity index (χ0n) is 10.3. The van der Waals surface area contributed by atoms with Crippen LogP contribution in [0.2, 0.25) is 0 Å². The molecule has 2 aliphatic carbocycles. The van der Waals surface area contributed by atoms with Crippen LogP contribution in [-0.2, 0) is 0 Å². The van der Waals surface area contributed by atoms with E-state index in [-0.39, 0.29) is 0 Å². The topological polar surface area (TPSA) is 3.24 Å². The van der Waals surface area contributed by atoms with Crippen molar-refractivity contribution in [2.24, 2.45) is 23.7 Å². The Balaban J connectivity index is 1.56. The van der Waals surface area contributed by atoms with Crippen LogP contribution in [0, 0.1) is 23.7 Å². The van der Waals surface area contributed by atoms with Crippen molar-refractivity contribution in [2.45, 2.75) is 52.0 Å². The molecule has 0 aromatic carbocycles. The molecular weight excluding hydrogens is 182 g/mol. The Kier molecular flexibility index (Phi) is 2.54. The van der Waals surface area contributed by atoms with Gasteiger partial charge in [0.05, 0.1) is 0 Å². The Morgan fingerprint density at radius 1 is 1.00 bits per heavy atom. The molecule has 2 atom stereocenters. The second-order valence-electron chi connectivity index (χ2n) is 6.53. The smallest absolute Gasteiger partial charge is 0.00955 e. The summed E-state index contributed by atoms with van der Waals surface area (Å²) in [5, 5.41) is 0. The third-order valence-electron chi connectivity index (χ3n) is 5.35. The molecule has 3 fully saturated rings. The number of hydrogen-bond donors (Lipinski definition) is 0. The van der Waals surface area contributed by atoms with E-state index in [1.165, 1.54) is 45.2 Å². The van der Waals surface area contributed by atoms with Crippen LogP contribution in [0.5, 0.6) is 0 Å². The van der Waals surface area contributed by atoms with Gasteiger partial charge in [0.1, 0.15) is 0 Å². The van der Waals surface area contributed by atoms with E-state index in [1.807, 2.05) is 0 Å². The van der Waals surface area contributed by atoms with E-state index in [2.05, 4.69) is 18.7 Å². The Morgan fingerprint density at radius 2 is 1.60 bits per heavy atom.